The molecule has 5 heteroatoms. The molecule has 2 rings (SSSR count). The van der Waals surface area contributed by atoms with Gasteiger partial charge in [0.1, 0.15) is 10.5 Å². The summed E-state index contributed by atoms with van der Waals surface area (Å²) in [6.45, 7) is 4.35. The van der Waals surface area contributed by atoms with Crippen molar-refractivity contribution in [2.24, 2.45) is 5.92 Å². The van der Waals surface area contributed by atoms with Gasteiger partial charge in [-0.3, -0.25) is 4.98 Å². The Hall–Kier alpha value is -1.07. The van der Waals surface area contributed by atoms with E-state index in [0.29, 0.717) is 10.6 Å². The van der Waals surface area contributed by atoms with Crippen molar-refractivity contribution in [3.8, 4) is 11.4 Å². The summed E-state index contributed by atoms with van der Waals surface area (Å²) in [6, 6.07) is 3.83. The second kappa shape index (κ2) is 5.71. The van der Waals surface area contributed by atoms with E-state index in [-0.39, 0.29) is 0 Å². The fourth-order valence-corrected chi connectivity index (χ4v) is 2.26. The number of H-pyrrole nitrogens is 1. The van der Waals surface area contributed by atoms with Crippen molar-refractivity contribution in [3.63, 3.8) is 0 Å². The van der Waals surface area contributed by atoms with Crippen LogP contribution in [0.15, 0.2) is 29.0 Å². The van der Waals surface area contributed by atoms with E-state index in [0.717, 1.165) is 28.0 Å². The molecule has 2 heterocycles. The summed E-state index contributed by atoms with van der Waals surface area (Å²) in [6.07, 6.45) is 4.43. The van der Waals surface area contributed by atoms with Crippen LogP contribution in [0.1, 0.15) is 19.5 Å². The Labute approximate surface area is 120 Å². The Bertz CT molecular complexity index is 593. The van der Waals surface area contributed by atoms with E-state index in [9.17, 15) is 0 Å². The van der Waals surface area contributed by atoms with E-state index < -0.39 is 0 Å². The number of nitrogens with zero attached hydrogens (tertiary/aromatic N) is 2. The molecular weight excluding hydrogens is 310 g/mol. The topological polar surface area (TPSA) is 41.6 Å². The van der Waals surface area contributed by atoms with Crippen LogP contribution in [0.4, 0.5) is 0 Å². The van der Waals surface area contributed by atoms with Crippen LogP contribution in [0, 0.1) is 10.6 Å². The van der Waals surface area contributed by atoms with Crippen LogP contribution >= 0.6 is 28.1 Å². The van der Waals surface area contributed by atoms with Gasteiger partial charge in [0, 0.05) is 23.7 Å². The second-order valence-corrected chi connectivity index (χ2v) is 5.70. The van der Waals surface area contributed by atoms with Crippen LogP contribution in [-0.4, -0.2) is 15.0 Å². The van der Waals surface area contributed by atoms with Gasteiger partial charge in [0.05, 0.1) is 4.47 Å². The van der Waals surface area contributed by atoms with Crippen molar-refractivity contribution in [1.29, 1.82) is 0 Å². The Morgan fingerprint density at radius 3 is 2.61 bits per heavy atom. The van der Waals surface area contributed by atoms with E-state index in [1.54, 1.807) is 12.4 Å². The van der Waals surface area contributed by atoms with Gasteiger partial charge < -0.3 is 4.98 Å². The summed E-state index contributed by atoms with van der Waals surface area (Å²) >= 11 is 8.79. The average molecular weight is 324 g/mol. The van der Waals surface area contributed by atoms with Crippen molar-refractivity contribution in [3.05, 3.63) is 39.3 Å². The zero-order valence-corrected chi connectivity index (χ0v) is 12.7. The summed E-state index contributed by atoms with van der Waals surface area (Å²) < 4.78 is 1.49. The minimum absolute atomic E-state index is 0.555. The molecule has 2 aromatic rings. The third-order valence-electron chi connectivity index (χ3n) is 2.50. The predicted molar refractivity (Wildman–Crippen MR) is 78.9 cm³/mol. The van der Waals surface area contributed by atoms with Crippen LogP contribution in [0.25, 0.3) is 11.4 Å². The molecule has 0 unspecified atom stereocenters. The molecule has 0 fully saturated rings. The number of halogens is 1. The lowest BCUT2D eigenvalue weighted by Crippen LogP contribution is -2.02. The third-order valence-corrected chi connectivity index (χ3v) is 3.91. The highest BCUT2D eigenvalue weighted by atomic mass is 79.9. The Balaban J connectivity index is 2.51. The maximum atomic E-state index is 5.29. The highest BCUT2D eigenvalue weighted by molar-refractivity contribution is 9.10. The van der Waals surface area contributed by atoms with Crippen molar-refractivity contribution in [1.82, 2.24) is 15.0 Å². The Morgan fingerprint density at radius 2 is 2.00 bits per heavy atom. The summed E-state index contributed by atoms with van der Waals surface area (Å²) in [4.78, 5) is 11.7. The SMILES string of the molecule is CC(C)Cc1[nH]c(-c2ccncc2)nc(=S)c1Br. The molecule has 18 heavy (non-hydrogen) atoms. The molecule has 0 radical (unpaired) electrons. The summed E-state index contributed by atoms with van der Waals surface area (Å²) in [5.41, 5.74) is 2.09. The van der Waals surface area contributed by atoms with E-state index >= 15 is 0 Å². The molecule has 94 valence electrons. The van der Waals surface area contributed by atoms with E-state index in [2.05, 4.69) is 44.7 Å². The Morgan fingerprint density at radius 1 is 1.33 bits per heavy atom. The van der Waals surface area contributed by atoms with Gasteiger partial charge in [-0.15, -0.1) is 0 Å². The van der Waals surface area contributed by atoms with E-state index in [4.69, 9.17) is 12.2 Å². The van der Waals surface area contributed by atoms with Crippen molar-refractivity contribution < 1.29 is 0 Å². The maximum Gasteiger partial charge on any atom is 0.144 e. The Kier molecular flexibility index (Phi) is 4.24. The molecule has 3 nitrogen and oxygen atoms in total. The zero-order valence-electron chi connectivity index (χ0n) is 10.3. The standard InChI is InChI=1S/C13H14BrN3S/c1-8(2)7-10-11(14)13(18)17-12(16-10)9-3-5-15-6-4-9/h3-6,8H,7H2,1-2H3,(H,16,17,18). The van der Waals surface area contributed by atoms with Gasteiger partial charge in [0.25, 0.3) is 0 Å². The van der Waals surface area contributed by atoms with Crippen molar-refractivity contribution >= 4 is 28.1 Å². The van der Waals surface area contributed by atoms with Crippen LogP contribution < -0.4 is 0 Å². The van der Waals surface area contributed by atoms with Crippen molar-refractivity contribution in [2.45, 2.75) is 20.3 Å². The van der Waals surface area contributed by atoms with Gasteiger partial charge in [0.2, 0.25) is 0 Å². The molecule has 0 amide bonds. The lowest BCUT2D eigenvalue weighted by Gasteiger charge is -2.10. The number of aromatic amines is 1. The van der Waals surface area contributed by atoms with Crippen LogP contribution in [0.5, 0.6) is 0 Å². The third kappa shape index (κ3) is 3.03. The van der Waals surface area contributed by atoms with Crippen molar-refractivity contribution in [2.75, 3.05) is 0 Å². The number of hydrogen-bond acceptors (Lipinski definition) is 3. The van der Waals surface area contributed by atoms with E-state index in [1.807, 2.05) is 12.1 Å². The summed E-state index contributed by atoms with van der Waals surface area (Å²) in [5, 5.41) is 0. The summed E-state index contributed by atoms with van der Waals surface area (Å²) in [5.74, 6) is 1.35. The lowest BCUT2D eigenvalue weighted by atomic mass is 10.1. The smallest absolute Gasteiger partial charge is 0.144 e. The van der Waals surface area contributed by atoms with Gasteiger partial charge >= 0.3 is 0 Å². The largest absolute Gasteiger partial charge is 0.342 e. The molecule has 0 spiro atoms. The molecule has 2 aromatic heterocycles. The van der Waals surface area contributed by atoms with Gasteiger partial charge in [-0.1, -0.05) is 26.1 Å². The van der Waals surface area contributed by atoms with Gasteiger partial charge in [0.15, 0.2) is 0 Å². The number of hydrogen-bond donors (Lipinski definition) is 1. The molecule has 0 atom stereocenters. The highest BCUT2D eigenvalue weighted by Gasteiger charge is 2.09. The van der Waals surface area contributed by atoms with Crippen LogP contribution in [0.2, 0.25) is 0 Å². The molecule has 0 aliphatic carbocycles. The predicted octanol–water partition coefficient (Wildman–Crippen LogP) is 4.16. The molecule has 0 bridgehead atoms. The molecule has 0 saturated carbocycles. The number of aromatic nitrogens is 3. The zero-order chi connectivity index (χ0) is 13.1. The number of pyridine rings is 1. The van der Waals surface area contributed by atoms with E-state index in [1.165, 1.54) is 0 Å². The summed E-state index contributed by atoms with van der Waals surface area (Å²) in [7, 11) is 0. The molecule has 0 aliphatic heterocycles. The molecule has 0 aromatic carbocycles. The van der Waals surface area contributed by atoms with Crippen LogP contribution in [0.3, 0.4) is 0 Å². The van der Waals surface area contributed by atoms with Gasteiger partial charge in [-0.25, -0.2) is 4.98 Å². The monoisotopic (exact) mass is 323 g/mol. The lowest BCUT2D eigenvalue weighted by molar-refractivity contribution is 0.632. The van der Waals surface area contributed by atoms with Crippen LogP contribution in [-0.2, 0) is 6.42 Å². The molecule has 0 saturated heterocycles. The first-order chi connectivity index (χ1) is 8.58. The number of nitrogens with one attached hydrogen (secondary N) is 1. The quantitative estimate of drug-likeness (QED) is 0.862. The normalized spacial score (nSPS) is 10.9. The first-order valence-corrected chi connectivity index (χ1v) is 6.97. The molecule has 1 N–H and O–H groups in total. The minimum Gasteiger partial charge on any atom is -0.342 e. The number of rotatable bonds is 3. The first-order valence-electron chi connectivity index (χ1n) is 5.77. The minimum atomic E-state index is 0.555. The first kappa shape index (κ1) is 13.4. The molecule has 0 aliphatic rings. The fraction of sp³-hybridized carbons (Fsp3) is 0.308. The fourth-order valence-electron chi connectivity index (χ4n) is 1.70. The highest BCUT2D eigenvalue weighted by Crippen LogP contribution is 2.22. The average Bonchev–Trinajstić information content (AvgIpc) is 2.35. The maximum absolute atomic E-state index is 5.29. The molecular formula is C13H14BrN3S. The van der Waals surface area contributed by atoms with Gasteiger partial charge in [-0.05, 0) is 40.4 Å². The van der Waals surface area contributed by atoms with Gasteiger partial charge in [-0.2, -0.15) is 0 Å². The second-order valence-electron chi connectivity index (χ2n) is 4.52.